The fraction of sp³-hybridized carbons (Fsp3) is 0.250. The Labute approximate surface area is 117 Å². The number of hydrogen-bond donors (Lipinski definition) is 1. The summed E-state index contributed by atoms with van der Waals surface area (Å²) in [5.74, 6) is -0.847. The molecule has 102 valence electrons. The van der Waals surface area contributed by atoms with E-state index in [1.807, 2.05) is 35.5 Å². The van der Waals surface area contributed by atoms with Crippen LogP contribution in [0.5, 0.6) is 0 Å². The molecule has 0 aromatic heterocycles. The van der Waals surface area contributed by atoms with Gasteiger partial charge in [0.25, 0.3) is 0 Å². The second kappa shape index (κ2) is 4.96. The van der Waals surface area contributed by atoms with Gasteiger partial charge in [0.1, 0.15) is 0 Å². The molecule has 0 spiro atoms. The van der Waals surface area contributed by atoms with Crippen molar-refractivity contribution in [3.63, 3.8) is 0 Å². The molecule has 4 nitrogen and oxygen atoms in total. The molecule has 1 heterocycles. The van der Waals surface area contributed by atoms with Crippen molar-refractivity contribution in [2.75, 3.05) is 0 Å². The monoisotopic (exact) mass is 268 g/mol. The lowest BCUT2D eigenvalue weighted by atomic mass is 9.92. The van der Waals surface area contributed by atoms with E-state index in [-0.39, 0.29) is 18.0 Å². The third-order valence-corrected chi connectivity index (χ3v) is 3.84. The lowest BCUT2D eigenvalue weighted by Crippen LogP contribution is -2.33. The van der Waals surface area contributed by atoms with Crippen LogP contribution in [0.1, 0.15) is 18.5 Å². The summed E-state index contributed by atoms with van der Waals surface area (Å²) >= 11 is 0. The maximum Gasteiger partial charge on any atom is 0.335 e. The van der Waals surface area contributed by atoms with Gasteiger partial charge in [0, 0.05) is 12.1 Å². The number of carboxylic acids is 1. The average Bonchev–Trinajstić information content (AvgIpc) is 2.90. The first kappa shape index (κ1) is 12.7. The predicted molar refractivity (Wildman–Crippen MR) is 77.3 cm³/mol. The van der Waals surface area contributed by atoms with Crippen molar-refractivity contribution in [1.29, 1.82) is 0 Å². The molecular formula is C16H16N2O2. The van der Waals surface area contributed by atoms with Gasteiger partial charge in [-0.25, -0.2) is 4.79 Å². The van der Waals surface area contributed by atoms with Crippen LogP contribution in [0, 0.1) is 5.92 Å². The molecule has 0 radical (unpaired) electrons. The van der Waals surface area contributed by atoms with Gasteiger partial charge < -0.3 is 5.11 Å². The van der Waals surface area contributed by atoms with E-state index in [1.165, 1.54) is 5.56 Å². The lowest BCUT2D eigenvalue weighted by Gasteiger charge is -2.31. The maximum atomic E-state index is 11.0. The average molecular weight is 268 g/mol. The smallest absolute Gasteiger partial charge is 0.335 e. The molecule has 0 saturated heterocycles. The van der Waals surface area contributed by atoms with E-state index in [9.17, 15) is 4.79 Å². The first-order chi connectivity index (χ1) is 9.66. The third-order valence-electron chi connectivity index (χ3n) is 3.84. The number of fused-ring (bicyclic) bond motifs is 1. The van der Waals surface area contributed by atoms with Gasteiger partial charge in [0.15, 0.2) is 0 Å². The van der Waals surface area contributed by atoms with Crippen molar-refractivity contribution >= 4 is 12.2 Å². The molecule has 0 amide bonds. The Morgan fingerprint density at radius 2 is 2.10 bits per heavy atom. The van der Waals surface area contributed by atoms with Gasteiger partial charge in [-0.2, -0.15) is 5.10 Å². The number of aliphatic carboxylic acids is 1. The Bertz CT molecular complexity index is 604. The van der Waals surface area contributed by atoms with E-state index in [4.69, 9.17) is 5.11 Å². The summed E-state index contributed by atoms with van der Waals surface area (Å²) in [6.07, 6.45) is 7.20. The predicted octanol–water partition coefficient (Wildman–Crippen LogP) is 2.61. The maximum absolute atomic E-state index is 11.0. The van der Waals surface area contributed by atoms with E-state index in [2.05, 4.69) is 24.2 Å². The van der Waals surface area contributed by atoms with E-state index in [0.717, 1.165) is 0 Å². The fourth-order valence-corrected chi connectivity index (χ4v) is 2.70. The van der Waals surface area contributed by atoms with Gasteiger partial charge in [0.05, 0.1) is 17.7 Å². The molecule has 4 heteroatoms. The molecule has 1 aromatic carbocycles. The lowest BCUT2D eigenvalue weighted by molar-refractivity contribution is -0.132. The van der Waals surface area contributed by atoms with Crippen molar-refractivity contribution in [2.45, 2.75) is 19.0 Å². The number of hydrazone groups is 1. The minimum Gasteiger partial charge on any atom is -0.478 e. The Morgan fingerprint density at radius 1 is 1.35 bits per heavy atom. The zero-order valence-corrected chi connectivity index (χ0v) is 11.2. The van der Waals surface area contributed by atoms with E-state index < -0.39 is 5.97 Å². The van der Waals surface area contributed by atoms with Gasteiger partial charge in [0.2, 0.25) is 0 Å². The largest absolute Gasteiger partial charge is 0.478 e. The van der Waals surface area contributed by atoms with Crippen LogP contribution in [0.15, 0.2) is 59.2 Å². The number of carbonyl (C=O) groups is 1. The zero-order chi connectivity index (χ0) is 14.1. The molecular weight excluding hydrogens is 252 g/mol. The van der Waals surface area contributed by atoms with Crippen LogP contribution in [0.2, 0.25) is 0 Å². The summed E-state index contributed by atoms with van der Waals surface area (Å²) in [5.41, 5.74) is 1.54. The highest BCUT2D eigenvalue weighted by Gasteiger charge is 2.33. The molecule has 3 atom stereocenters. The fourth-order valence-electron chi connectivity index (χ4n) is 2.70. The van der Waals surface area contributed by atoms with Crippen LogP contribution < -0.4 is 0 Å². The van der Waals surface area contributed by atoms with Gasteiger partial charge in [-0.05, 0) is 18.6 Å². The summed E-state index contributed by atoms with van der Waals surface area (Å²) in [6.45, 7) is 2.11. The van der Waals surface area contributed by atoms with Crippen LogP contribution in [-0.2, 0) is 4.79 Å². The van der Waals surface area contributed by atoms with E-state index in [0.29, 0.717) is 5.57 Å². The van der Waals surface area contributed by atoms with Gasteiger partial charge in [-0.1, -0.05) is 42.5 Å². The summed E-state index contributed by atoms with van der Waals surface area (Å²) in [5, 5.41) is 15.5. The van der Waals surface area contributed by atoms with Crippen LogP contribution in [-0.4, -0.2) is 28.3 Å². The second-order valence-corrected chi connectivity index (χ2v) is 5.09. The SMILES string of the molecule is CC(c1ccccc1)N1N=CC2C=C(C(=O)O)C=CC21. The Balaban J connectivity index is 1.81. The van der Waals surface area contributed by atoms with Gasteiger partial charge in [-0.3, -0.25) is 5.01 Å². The summed E-state index contributed by atoms with van der Waals surface area (Å²) in [6, 6.07) is 10.5. The minimum absolute atomic E-state index is 0.0391. The van der Waals surface area contributed by atoms with Crippen molar-refractivity contribution in [3.8, 4) is 0 Å². The molecule has 1 aliphatic heterocycles. The quantitative estimate of drug-likeness (QED) is 0.916. The summed E-state index contributed by atoms with van der Waals surface area (Å²) in [4.78, 5) is 11.0. The Morgan fingerprint density at radius 3 is 2.80 bits per heavy atom. The van der Waals surface area contributed by atoms with Crippen molar-refractivity contribution < 1.29 is 9.90 Å². The first-order valence-electron chi connectivity index (χ1n) is 6.67. The van der Waals surface area contributed by atoms with Crippen LogP contribution in [0.25, 0.3) is 0 Å². The molecule has 20 heavy (non-hydrogen) atoms. The third kappa shape index (κ3) is 2.13. The topological polar surface area (TPSA) is 52.9 Å². The number of benzene rings is 1. The van der Waals surface area contributed by atoms with Crippen LogP contribution in [0.3, 0.4) is 0 Å². The number of rotatable bonds is 3. The molecule has 0 bridgehead atoms. The van der Waals surface area contributed by atoms with E-state index >= 15 is 0 Å². The summed E-state index contributed by atoms with van der Waals surface area (Å²) < 4.78 is 0. The number of carboxylic acid groups (broad SMARTS) is 1. The number of hydrogen-bond acceptors (Lipinski definition) is 3. The number of nitrogens with zero attached hydrogens (tertiary/aromatic N) is 2. The first-order valence-corrected chi connectivity index (χ1v) is 6.67. The molecule has 2 aliphatic rings. The van der Waals surface area contributed by atoms with Crippen LogP contribution >= 0.6 is 0 Å². The Hall–Kier alpha value is -2.36. The van der Waals surface area contributed by atoms with E-state index in [1.54, 1.807) is 12.2 Å². The molecule has 0 saturated carbocycles. The molecule has 1 aromatic rings. The normalized spacial score (nSPS) is 25.2. The molecule has 3 rings (SSSR count). The minimum atomic E-state index is -0.886. The Kier molecular flexibility index (Phi) is 3.14. The molecule has 0 fully saturated rings. The highest BCUT2D eigenvalue weighted by Crippen LogP contribution is 2.33. The van der Waals surface area contributed by atoms with Gasteiger partial charge >= 0.3 is 5.97 Å². The van der Waals surface area contributed by atoms with Crippen molar-refractivity contribution in [3.05, 3.63) is 59.7 Å². The van der Waals surface area contributed by atoms with Crippen molar-refractivity contribution in [2.24, 2.45) is 11.0 Å². The highest BCUT2D eigenvalue weighted by molar-refractivity contribution is 5.91. The van der Waals surface area contributed by atoms with Gasteiger partial charge in [-0.15, -0.1) is 0 Å². The zero-order valence-electron chi connectivity index (χ0n) is 11.2. The van der Waals surface area contributed by atoms with Crippen molar-refractivity contribution in [1.82, 2.24) is 5.01 Å². The molecule has 1 N–H and O–H groups in total. The second-order valence-electron chi connectivity index (χ2n) is 5.09. The highest BCUT2D eigenvalue weighted by atomic mass is 16.4. The standard InChI is InChI=1S/C16H16N2O2/c1-11(12-5-3-2-4-6-12)18-15-8-7-13(16(19)20)9-14(15)10-17-18/h2-11,14-15H,1H3,(H,19,20). The molecule has 3 unspecified atom stereocenters. The molecule has 1 aliphatic carbocycles. The summed E-state index contributed by atoms with van der Waals surface area (Å²) in [7, 11) is 0. The van der Waals surface area contributed by atoms with Crippen LogP contribution in [0.4, 0.5) is 0 Å².